The van der Waals surface area contributed by atoms with Crippen molar-refractivity contribution in [3.05, 3.63) is 98.2 Å². The summed E-state index contributed by atoms with van der Waals surface area (Å²) in [5, 5.41) is 0.909. The van der Waals surface area contributed by atoms with E-state index in [4.69, 9.17) is 32.7 Å². The van der Waals surface area contributed by atoms with E-state index in [2.05, 4.69) is 0 Å². The molecule has 0 aromatic heterocycles. The van der Waals surface area contributed by atoms with Crippen molar-refractivity contribution in [1.29, 1.82) is 0 Å². The minimum atomic E-state index is -0.480. The second-order valence-corrected chi connectivity index (χ2v) is 7.77. The lowest BCUT2D eigenvalue weighted by Gasteiger charge is -2.10. The molecule has 150 valence electrons. The first-order valence-corrected chi connectivity index (χ1v) is 9.91. The molecule has 3 aromatic carbocycles. The number of hydrogen-bond acceptors (Lipinski definition) is 4. The third-order valence-electron chi connectivity index (χ3n) is 4.78. The van der Waals surface area contributed by atoms with Crippen LogP contribution in [0.1, 0.15) is 37.4 Å². The number of halogens is 2. The number of ether oxygens (including phenoxy) is 2. The van der Waals surface area contributed by atoms with Crippen molar-refractivity contribution in [2.24, 2.45) is 0 Å². The zero-order valence-electron chi connectivity index (χ0n) is 16.2. The molecule has 1 heterocycles. The molecule has 0 saturated carbocycles. The predicted molar refractivity (Wildman–Crippen MR) is 117 cm³/mol. The Morgan fingerprint density at radius 2 is 1.73 bits per heavy atom. The van der Waals surface area contributed by atoms with Crippen LogP contribution in [-0.4, -0.2) is 11.8 Å². The third-order valence-corrected chi connectivity index (χ3v) is 5.34. The highest BCUT2D eigenvalue weighted by molar-refractivity contribution is 6.35. The minimum absolute atomic E-state index is 0.138. The highest BCUT2D eigenvalue weighted by Gasteiger charge is 2.30. The maximum Gasteiger partial charge on any atom is 0.343 e. The van der Waals surface area contributed by atoms with Crippen LogP contribution in [0.5, 0.6) is 11.5 Å². The van der Waals surface area contributed by atoms with Gasteiger partial charge in [0.25, 0.3) is 0 Å². The van der Waals surface area contributed by atoms with Crippen LogP contribution in [0.15, 0.2) is 60.4 Å². The van der Waals surface area contributed by atoms with E-state index < -0.39 is 5.97 Å². The maximum atomic E-state index is 12.7. The number of ketones is 1. The first-order chi connectivity index (χ1) is 14.3. The summed E-state index contributed by atoms with van der Waals surface area (Å²) in [6.45, 7) is 3.68. The Labute approximate surface area is 183 Å². The molecular formula is C24H16Cl2O4. The molecule has 30 heavy (non-hydrogen) atoms. The summed E-state index contributed by atoms with van der Waals surface area (Å²) < 4.78 is 11.3. The molecule has 0 bridgehead atoms. The topological polar surface area (TPSA) is 52.6 Å². The van der Waals surface area contributed by atoms with Crippen molar-refractivity contribution >= 4 is 41.0 Å². The second kappa shape index (κ2) is 7.98. The summed E-state index contributed by atoms with van der Waals surface area (Å²) in [6, 6.07) is 15.3. The molecule has 0 N–H and O–H groups in total. The van der Waals surface area contributed by atoms with Crippen LogP contribution in [0, 0.1) is 13.8 Å². The molecule has 0 saturated heterocycles. The molecule has 0 amide bonds. The molecule has 4 nitrogen and oxygen atoms in total. The number of carbonyl (C=O) groups excluding carboxylic acids is 2. The molecule has 4 rings (SSSR count). The Hall–Kier alpha value is -3.08. The van der Waals surface area contributed by atoms with Gasteiger partial charge >= 0.3 is 5.97 Å². The Morgan fingerprint density at radius 1 is 1.00 bits per heavy atom. The maximum absolute atomic E-state index is 12.7. The largest absolute Gasteiger partial charge is 0.452 e. The fraction of sp³-hybridized carbons (Fsp3) is 0.0833. The van der Waals surface area contributed by atoms with Gasteiger partial charge in [-0.05, 0) is 61.9 Å². The van der Waals surface area contributed by atoms with Gasteiger partial charge < -0.3 is 9.47 Å². The summed E-state index contributed by atoms with van der Waals surface area (Å²) in [4.78, 5) is 25.2. The number of hydrogen-bond donors (Lipinski definition) is 0. The number of benzene rings is 3. The molecule has 6 heteroatoms. The molecule has 0 unspecified atom stereocenters. The molecular weight excluding hydrogens is 423 g/mol. The summed E-state index contributed by atoms with van der Waals surface area (Å²) in [5.41, 5.74) is 3.06. The van der Waals surface area contributed by atoms with E-state index in [0.29, 0.717) is 43.8 Å². The van der Waals surface area contributed by atoms with Crippen LogP contribution in [0.3, 0.4) is 0 Å². The predicted octanol–water partition coefficient (Wildman–Crippen LogP) is 6.45. The van der Waals surface area contributed by atoms with Crippen LogP contribution in [0.25, 0.3) is 6.08 Å². The van der Waals surface area contributed by atoms with E-state index in [1.165, 1.54) is 0 Å². The first-order valence-electron chi connectivity index (χ1n) is 9.15. The number of fused-ring (bicyclic) bond motifs is 1. The van der Waals surface area contributed by atoms with Crippen LogP contribution in [-0.2, 0) is 0 Å². The highest BCUT2D eigenvalue weighted by atomic mass is 35.5. The van der Waals surface area contributed by atoms with Gasteiger partial charge in [0.05, 0.1) is 11.1 Å². The fourth-order valence-corrected chi connectivity index (χ4v) is 3.55. The number of aryl methyl sites for hydroxylation is 1. The van der Waals surface area contributed by atoms with Gasteiger partial charge in [-0.3, -0.25) is 4.79 Å². The van der Waals surface area contributed by atoms with Crippen molar-refractivity contribution in [2.75, 3.05) is 0 Å². The van der Waals surface area contributed by atoms with Crippen LogP contribution < -0.4 is 9.47 Å². The first kappa shape index (κ1) is 20.2. The molecule has 0 radical (unpaired) electrons. The van der Waals surface area contributed by atoms with Gasteiger partial charge in [-0.15, -0.1) is 0 Å². The highest BCUT2D eigenvalue weighted by Crippen LogP contribution is 2.40. The Kier molecular flexibility index (Phi) is 5.37. The third kappa shape index (κ3) is 3.84. The smallest absolute Gasteiger partial charge is 0.343 e. The molecule has 0 spiro atoms. The quantitative estimate of drug-likeness (QED) is 0.268. The molecule has 3 aromatic rings. The number of rotatable bonds is 3. The lowest BCUT2D eigenvalue weighted by molar-refractivity contribution is 0.0733. The van der Waals surface area contributed by atoms with Crippen LogP contribution in [0.2, 0.25) is 10.0 Å². The van der Waals surface area contributed by atoms with Gasteiger partial charge in [-0.1, -0.05) is 47.0 Å². The summed E-state index contributed by atoms with van der Waals surface area (Å²) in [6.07, 6.45) is 1.57. The fourth-order valence-electron chi connectivity index (χ4n) is 3.09. The van der Waals surface area contributed by atoms with E-state index in [1.54, 1.807) is 55.5 Å². The monoisotopic (exact) mass is 438 g/mol. The standard InChI is InChI=1S/C24H16Cl2O4/c1-13-3-5-15(6-4-13)24(28)30-20-10-9-18-22(27)21(29-23(18)14(20)2)11-16-7-8-17(25)12-19(16)26/h3-12H,1-2H3/b21-11-. The molecule has 1 aliphatic rings. The number of Topliss-reactive ketones (excluding diaryl/α,β-unsaturated/α-hetero) is 1. The van der Waals surface area contributed by atoms with Gasteiger partial charge in [0, 0.05) is 15.6 Å². The average molecular weight is 439 g/mol. The number of carbonyl (C=O) groups is 2. The summed E-state index contributed by atoms with van der Waals surface area (Å²) in [5.74, 6) is 0.0874. The SMILES string of the molecule is Cc1ccc(C(=O)Oc2ccc3c(c2C)O/C(=C\c2ccc(Cl)cc2Cl)C3=O)cc1. The Morgan fingerprint density at radius 3 is 2.43 bits per heavy atom. The van der Waals surface area contributed by atoms with Crippen molar-refractivity contribution in [3.63, 3.8) is 0 Å². The van der Waals surface area contributed by atoms with E-state index in [0.717, 1.165) is 5.56 Å². The Bertz CT molecular complexity index is 1210. The lowest BCUT2D eigenvalue weighted by Crippen LogP contribution is -2.09. The van der Waals surface area contributed by atoms with E-state index in [1.807, 2.05) is 19.1 Å². The number of allylic oxidation sites excluding steroid dienone is 1. The van der Waals surface area contributed by atoms with Crippen molar-refractivity contribution < 1.29 is 19.1 Å². The molecule has 0 fully saturated rings. The molecule has 0 aliphatic carbocycles. The minimum Gasteiger partial charge on any atom is -0.452 e. The zero-order valence-corrected chi connectivity index (χ0v) is 17.7. The van der Waals surface area contributed by atoms with Gasteiger partial charge in [0.1, 0.15) is 11.5 Å². The average Bonchev–Trinajstić information content (AvgIpc) is 3.03. The van der Waals surface area contributed by atoms with Gasteiger partial charge in [0.2, 0.25) is 5.78 Å². The summed E-state index contributed by atoms with van der Waals surface area (Å²) in [7, 11) is 0. The van der Waals surface area contributed by atoms with Crippen LogP contribution in [0.4, 0.5) is 0 Å². The summed E-state index contributed by atoms with van der Waals surface area (Å²) >= 11 is 12.1. The van der Waals surface area contributed by atoms with E-state index >= 15 is 0 Å². The number of esters is 1. The Balaban J connectivity index is 1.62. The van der Waals surface area contributed by atoms with E-state index in [-0.39, 0.29) is 11.5 Å². The van der Waals surface area contributed by atoms with Crippen molar-refractivity contribution in [2.45, 2.75) is 13.8 Å². The van der Waals surface area contributed by atoms with Gasteiger partial charge in [-0.2, -0.15) is 0 Å². The van der Waals surface area contributed by atoms with Crippen LogP contribution >= 0.6 is 23.2 Å². The van der Waals surface area contributed by atoms with Crippen molar-refractivity contribution in [3.8, 4) is 11.5 Å². The molecule has 0 atom stereocenters. The second-order valence-electron chi connectivity index (χ2n) is 6.93. The lowest BCUT2D eigenvalue weighted by atomic mass is 10.1. The molecule has 1 aliphatic heterocycles. The van der Waals surface area contributed by atoms with Gasteiger partial charge in [-0.25, -0.2) is 4.79 Å². The normalized spacial score (nSPS) is 13.9. The van der Waals surface area contributed by atoms with Gasteiger partial charge in [0.15, 0.2) is 5.76 Å². The van der Waals surface area contributed by atoms with Crippen molar-refractivity contribution in [1.82, 2.24) is 0 Å². The zero-order chi connectivity index (χ0) is 21.4. The van der Waals surface area contributed by atoms with E-state index in [9.17, 15) is 9.59 Å².